The minimum atomic E-state index is -4.05. The molecule has 4 heteroatoms. The van der Waals surface area contributed by atoms with Crippen LogP contribution < -0.4 is 5.73 Å². The molecule has 84 valence electrons. The van der Waals surface area contributed by atoms with Gasteiger partial charge in [0.1, 0.15) is 0 Å². The van der Waals surface area contributed by atoms with E-state index < -0.39 is 12.6 Å². The summed E-state index contributed by atoms with van der Waals surface area (Å²) in [5.41, 5.74) is 5.41. The highest BCUT2D eigenvalue weighted by Crippen LogP contribution is 2.35. The summed E-state index contributed by atoms with van der Waals surface area (Å²) in [6.07, 6.45) is 0.406. The van der Waals surface area contributed by atoms with Crippen molar-refractivity contribution in [3.05, 3.63) is 0 Å². The third-order valence-electron chi connectivity index (χ3n) is 3.11. The van der Waals surface area contributed by atoms with E-state index in [1.165, 1.54) is 6.42 Å². The second kappa shape index (κ2) is 5.01. The van der Waals surface area contributed by atoms with Gasteiger partial charge < -0.3 is 5.73 Å². The van der Waals surface area contributed by atoms with E-state index in [4.69, 9.17) is 5.73 Å². The Labute approximate surface area is 82.9 Å². The summed E-state index contributed by atoms with van der Waals surface area (Å²) < 4.78 is 36.6. The number of hydrogen-bond donors (Lipinski definition) is 1. The molecule has 1 fully saturated rings. The van der Waals surface area contributed by atoms with Crippen LogP contribution >= 0.6 is 0 Å². The van der Waals surface area contributed by atoms with Gasteiger partial charge in [-0.25, -0.2) is 0 Å². The van der Waals surface area contributed by atoms with E-state index >= 15 is 0 Å². The first-order valence-corrected chi connectivity index (χ1v) is 5.30. The Morgan fingerprint density at radius 3 is 2.14 bits per heavy atom. The van der Waals surface area contributed by atoms with Crippen molar-refractivity contribution < 1.29 is 13.2 Å². The molecule has 1 atom stereocenters. The third kappa shape index (κ3) is 3.86. The summed E-state index contributed by atoms with van der Waals surface area (Å²) >= 11 is 0. The maximum absolute atomic E-state index is 12.2. The number of alkyl halides is 3. The maximum atomic E-state index is 12.2. The van der Waals surface area contributed by atoms with Crippen LogP contribution in [0, 0.1) is 11.8 Å². The van der Waals surface area contributed by atoms with Crippen LogP contribution in [0.4, 0.5) is 13.2 Å². The zero-order valence-electron chi connectivity index (χ0n) is 8.32. The number of nitrogens with two attached hydrogens (primary N) is 1. The van der Waals surface area contributed by atoms with Crippen LogP contribution in [0.25, 0.3) is 0 Å². The third-order valence-corrected chi connectivity index (χ3v) is 3.11. The quantitative estimate of drug-likeness (QED) is 0.759. The lowest BCUT2D eigenvalue weighted by atomic mass is 9.78. The molecule has 0 aromatic rings. The Bertz CT molecular complexity index is 161. The van der Waals surface area contributed by atoms with Gasteiger partial charge in [-0.3, -0.25) is 0 Å². The number of halogens is 3. The van der Waals surface area contributed by atoms with Crippen molar-refractivity contribution >= 4 is 0 Å². The summed E-state index contributed by atoms with van der Waals surface area (Å²) in [5, 5.41) is 0. The van der Waals surface area contributed by atoms with Gasteiger partial charge in [0.15, 0.2) is 0 Å². The highest BCUT2D eigenvalue weighted by atomic mass is 19.4. The second-order valence-electron chi connectivity index (χ2n) is 4.21. The molecule has 0 amide bonds. The van der Waals surface area contributed by atoms with Crippen molar-refractivity contribution in [2.24, 2.45) is 17.6 Å². The Kier molecular flexibility index (Phi) is 4.23. The summed E-state index contributed by atoms with van der Waals surface area (Å²) in [7, 11) is 0. The van der Waals surface area contributed by atoms with E-state index in [1.807, 2.05) is 0 Å². The zero-order chi connectivity index (χ0) is 10.6. The van der Waals surface area contributed by atoms with Gasteiger partial charge in [-0.2, -0.15) is 13.2 Å². The van der Waals surface area contributed by atoms with Gasteiger partial charge >= 0.3 is 6.18 Å². The molecule has 1 rings (SSSR count). The van der Waals surface area contributed by atoms with Crippen molar-refractivity contribution in [3.63, 3.8) is 0 Å². The summed E-state index contributed by atoms with van der Waals surface area (Å²) in [6, 6.07) is 0. The van der Waals surface area contributed by atoms with Gasteiger partial charge in [0.25, 0.3) is 0 Å². The summed E-state index contributed by atoms with van der Waals surface area (Å²) in [5.74, 6) is -0.148. The highest BCUT2D eigenvalue weighted by molar-refractivity contribution is 4.76. The molecule has 0 spiro atoms. The predicted octanol–water partition coefficient (Wildman–Crippen LogP) is 3.09. The largest absolute Gasteiger partial charge is 0.389 e. The van der Waals surface area contributed by atoms with Gasteiger partial charge in [0.05, 0.1) is 0 Å². The first-order chi connectivity index (χ1) is 6.53. The molecule has 1 saturated carbocycles. The molecule has 1 aliphatic rings. The molecule has 0 heterocycles. The van der Waals surface area contributed by atoms with Crippen molar-refractivity contribution in [3.8, 4) is 0 Å². The summed E-state index contributed by atoms with van der Waals surface area (Å²) in [6.45, 7) is 0.171. The molecule has 0 unspecified atom stereocenters. The maximum Gasteiger partial charge on any atom is 0.389 e. The molecule has 0 bridgehead atoms. The van der Waals surface area contributed by atoms with Gasteiger partial charge in [-0.1, -0.05) is 32.1 Å². The van der Waals surface area contributed by atoms with Crippen LogP contribution in [0.5, 0.6) is 0 Å². The lowest BCUT2D eigenvalue weighted by Crippen LogP contribution is -2.30. The fourth-order valence-corrected chi connectivity index (χ4v) is 2.35. The fraction of sp³-hybridized carbons (Fsp3) is 1.00. The van der Waals surface area contributed by atoms with Gasteiger partial charge in [0, 0.05) is 6.42 Å². The summed E-state index contributed by atoms with van der Waals surface area (Å²) in [4.78, 5) is 0. The Morgan fingerprint density at radius 2 is 1.71 bits per heavy atom. The first-order valence-electron chi connectivity index (χ1n) is 5.30. The first kappa shape index (κ1) is 11.8. The van der Waals surface area contributed by atoms with Crippen LogP contribution in [-0.4, -0.2) is 12.7 Å². The smallest absolute Gasteiger partial charge is 0.330 e. The zero-order valence-corrected chi connectivity index (χ0v) is 8.32. The normalized spacial score (nSPS) is 22.3. The van der Waals surface area contributed by atoms with Crippen LogP contribution in [0.2, 0.25) is 0 Å². The molecule has 0 aromatic heterocycles. The lowest BCUT2D eigenvalue weighted by Gasteiger charge is -2.29. The van der Waals surface area contributed by atoms with E-state index in [9.17, 15) is 13.2 Å². The van der Waals surface area contributed by atoms with Crippen molar-refractivity contribution in [1.82, 2.24) is 0 Å². The van der Waals surface area contributed by atoms with E-state index in [0.717, 1.165) is 25.7 Å². The van der Waals surface area contributed by atoms with Crippen molar-refractivity contribution in [2.45, 2.75) is 44.7 Å². The Morgan fingerprint density at radius 1 is 1.14 bits per heavy atom. The van der Waals surface area contributed by atoms with Crippen LogP contribution in [0.1, 0.15) is 38.5 Å². The van der Waals surface area contributed by atoms with E-state index in [-0.39, 0.29) is 18.4 Å². The molecular weight excluding hydrogens is 191 g/mol. The fourth-order valence-electron chi connectivity index (χ4n) is 2.35. The van der Waals surface area contributed by atoms with E-state index in [0.29, 0.717) is 0 Å². The average molecular weight is 209 g/mol. The average Bonchev–Trinajstić information content (AvgIpc) is 2.14. The Hall–Kier alpha value is -0.250. The van der Waals surface area contributed by atoms with Crippen molar-refractivity contribution in [1.29, 1.82) is 0 Å². The van der Waals surface area contributed by atoms with Crippen LogP contribution in [0.15, 0.2) is 0 Å². The molecule has 0 radical (unpaired) electrons. The van der Waals surface area contributed by atoms with Gasteiger partial charge in [-0.05, 0) is 18.4 Å². The number of rotatable bonds is 3. The molecule has 2 N–H and O–H groups in total. The molecule has 14 heavy (non-hydrogen) atoms. The molecule has 1 nitrogen and oxygen atoms in total. The predicted molar refractivity (Wildman–Crippen MR) is 49.8 cm³/mol. The molecule has 1 aliphatic carbocycles. The number of hydrogen-bond acceptors (Lipinski definition) is 1. The van der Waals surface area contributed by atoms with Crippen LogP contribution in [0.3, 0.4) is 0 Å². The van der Waals surface area contributed by atoms with E-state index in [2.05, 4.69) is 0 Å². The Balaban J connectivity index is 2.43. The van der Waals surface area contributed by atoms with Crippen LogP contribution in [-0.2, 0) is 0 Å². The molecule has 0 saturated heterocycles. The highest BCUT2D eigenvalue weighted by Gasteiger charge is 2.35. The monoisotopic (exact) mass is 209 g/mol. The van der Waals surface area contributed by atoms with Gasteiger partial charge in [0.2, 0.25) is 0 Å². The minimum absolute atomic E-state index is 0.171. The van der Waals surface area contributed by atoms with Crippen molar-refractivity contribution in [2.75, 3.05) is 6.54 Å². The minimum Gasteiger partial charge on any atom is -0.330 e. The lowest BCUT2D eigenvalue weighted by molar-refractivity contribution is -0.148. The van der Waals surface area contributed by atoms with Gasteiger partial charge in [-0.15, -0.1) is 0 Å². The van der Waals surface area contributed by atoms with E-state index in [1.54, 1.807) is 0 Å². The topological polar surface area (TPSA) is 26.0 Å². The molecular formula is C10H18F3N. The molecule has 0 aromatic carbocycles. The SMILES string of the molecule is NC[C@@H](CC(F)(F)F)C1CCCCC1. The second-order valence-corrected chi connectivity index (χ2v) is 4.21. The standard InChI is InChI=1S/C10H18F3N/c11-10(12,13)6-9(7-14)8-4-2-1-3-5-8/h8-9H,1-7,14H2/t9-/m1/s1. The molecule has 0 aliphatic heterocycles.